The van der Waals surface area contributed by atoms with Gasteiger partial charge in [-0.15, -0.1) is 0 Å². The van der Waals surface area contributed by atoms with E-state index in [1.54, 1.807) is 6.07 Å². The van der Waals surface area contributed by atoms with Gasteiger partial charge >= 0.3 is 5.97 Å². The molecule has 2 bridgehead atoms. The molecule has 0 aromatic heterocycles. The fourth-order valence-electron chi connectivity index (χ4n) is 3.34. The Hall–Kier alpha value is -1.51. The summed E-state index contributed by atoms with van der Waals surface area (Å²) in [6.07, 6.45) is 5.35. The van der Waals surface area contributed by atoms with Gasteiger partial charge in [-0.25, -0.2) is 4.79 Å². The predicted octanol–water partition coefficient (Wildman–Crippen LogP) is 3.04. The molecule has 2 aliphatic carbocycles. The Labute approximate surface area is 107 Å². The predicted molar refractivity (Wildman–Crippen MR) is 67.6 cm³/mol. The summed E-state index contributed by atoms with van der Waals surface area (Å²) < 4.78 is 10.8. The highest BCUT2D eigenvalue weighted by Crippen LogP contribution is 2.46. The Morgan fingerprint density at radius 2 is 2.06 bits per heavy atom. The molecule has 3 heteroatoms. The third-order valence-corrected chi connectivity index (χ3v) is 4.24. The van der Waals surface area contributed by atoms with E-state index in [2.05, 4.69) is 0 Å². The Morgan fingerprint density at radius 1 is 1.22 bits per heavy atom. The van der Waals surface area contributed by atoms with Gasteiger partial charge in [0.15, 0.2) is 0 Å². The molecule has 0 N–H and O–H groups in total. The summed E-state index contributed by atoms with van der Waals surface area (Å²) in [6, 6.07) is 7.35. The van der Waals surface area contributed by atoms with Gasteiger partial charge in [0.25, 0.3) is 0 Å². The number of esters is 1. The average Bonchev–Trinajstić information content (AvgIpc) is 3.01. The minimum atomic E-state index is -0.325. The van der Waals surface area contributed by atoms with Crippen LogP contribution in [0.2, 0.25) is 0 Å². The summed E-state index contributed by atoms with van der Waals surface area (Å²) in [6.45, 7) is 0. The molecule has 18 heavy (non-hydrogen) atoms. The smallest absolute Gasteiger partial charge is 0.341 e. The number of carbonyl (C=O) groups is 1. The van der Waals surface area contributed by atoms with E-state index in [0.717, 1.165) is 12.3 Å². The summed E-state index contributed by atoms with van der Waals surface area (Å²) >= 11 is 0. The summed E-state index contributed by atoms with van der Waals surface area (Å²) in [7, 11) is 1.40. The Kier molecular flexibility index (Phi) is 2.98. The van der Waals surface area contributed by atoms with Gasteiger partial charge in [0, 0.05) is 0 Å². The largest absolute Gasteiger partial charge is 0.489 e. The molecule has 2 saturated carbocycles. The second-order valence-corrected chi connectivity index (χ2v) is 5.32. The number of hydrogen-bond donors (Lipinski definition) is 0. The Balaban J connectivity index is 1.78. The molecule has 1 aromatic carbocycles. The van der Waals surface area contributed by atoms with Crippen molar-refractivity contribution < 1.29 is 14.3 Å². The van der Waals surface area contributed by atoms with Gasteiger partial charge in [0.1, 0.15) is 17.4 Å². The van der Waals surface area contributed by atoms with Gasteiger partial charge in [-0.2, -0.15) is 0 Å². The third-order valence-electron chi connectivity index (χ3n) is 4.24. The van der Waals surface area contributed by atoms with Crippen LogP contribution in [0.4, 0.5) is 0 Å². The van der Waals surface area contributed by atoms with E-state index in [-0.39, 0.29) is 12.1 Å². The lowest BCUT2D eigenvalue weighted by molar-refractivity contribution is 0.0588. The number of rotatable bonds is 3. The second kappa shape index (κ2) is 4.63. The molecule has 0 radical (unpaired) electrons. The van der Waals surface area contributed by atoms with E-state index >= 15 is 0 Å². The minimum Gasteiger partial charge on any atom is -0.489 e. The number of benzene rings is 1. The maximum atomic E-state index is 11.7. The molecule has 96 valence electrons. The number of fused-ring (bicyclic) bond motifs is 2. The van der Waals surface area contributed by atoms with Gasteiger partial charge in [0.2, 0.25) is 0 Å². The van der Waals surface area contributed by atoms with E-state index in [9.17, 15) is 4.79 Å². The van der Waals surface area contributed by atoms with Crippen LogP contribution in [0.25, 0.3) is 0 Å². The maximum Gasteiger partial charge on any atom is 0.341 e. The van der Waals surface area contributed by atoms with Crippen LogP contribution >= 0.6 is 0 Å². The molecule has 0 amide bonds. The topological polar surface area (TPSA) is 35.5 Å². The van der Waals surface area contributed by atoms with Crippen LogP contribution < -0.4 is 4.74 Å². The van der Waals surface area contributed by atoms with Gasteiger partial charge in [-0.1, -0.05) is 12.1 Å². The van der Waals surface area contributed by atoms with Gasteiger partial charge in [-0.3, -0.25) is 0 Å². The zero-order chi connectivity index (χ0) is 12.5. The van der Waals surface area contributed by atoms with Crippen LogP contribution in [0, 0.1) is 11.8 Å². The first-order chi connectivity index (χ1) is 8.78. The standard InChI is InChI=1S/C15H18O3/c1-17-15(16)12-4-2-3-5-13(12)18-14-9-10-6-7-11(14)8-10/h2-5,10-11,14H,6-9H2,1H3. The van der Waals surface area contributed by atoms with Crippen molar-refractivity contribution in [2.45, 2.75) is 31.8 Å². The molecule has 0 heterocycles. The van der Waals surface area contributed by atoms with Crippen molar-refractivity contribution in [2.24, 2.45) is 11.8 Å². The summed E-state index contributed by atoms with van der Waals surface area (Å²) in [4.78, 5) is 11.7. The first-order valence-corrected chi connectivity index (χ1v) is 6.62. The van der Waals surface area contributed by atoms with E-state index in [0.29, 0.717) is 17.2 Å². The third kappa shape index (κ3) is 1.98. The normalized spacial score (nSPS) is 29.3. The van der Waals surface area contributed by atoms with Crippen LogP contribution in [0.15, 0.2) is 24.3 Å². The van der Waals surface area contributed by atoms with Crippen molar-refractivity contribution in [3.05, 3.63) is 29.8 Å². The fraction of sp³-hybridized carbons (Fsp3) is 0.533. The van der Waals surface area contributed by atoms with Crippen molar-refractivity contribution in [3.8, 4) is 5.75 Å². The SMILES string of the molecule is COC(=O)c1ccccc1OC1CC2CCC1C2. The van der Waals surface area contributed by atoms with E-state index in [4.69, 9.17) is 9.47 Å². The van der Waals surface area contributed by atoms with E-state index in [1.807, 2.05) is 18.2 Å². The lowest BCUT2D eigenvalue weighted by Crippen LogP contribution is -2.24. The number of methoxy groups -OCH3 is 1. The molecule has 2 fully saturated rings. The second-order valence-electron chi connectivity index (χ2n) is 5.32. The van der Waals surface area contributed by atoms with Crippen LogP contribution in [0.3, 0.4) is 0 Å². The van der Waals surface area contributed by atoms with Crippen molar-refractivity contribution in [2.75, 3.05) is 7.11 Å². The minimum absolute atomic E-state index is 0.287. The van der Waals surface area contributed by atoms with E-state index < -0.39 is 0 Å². The van der Waals surface area contributed by atoms with Gasteiger partial charge in [0.05, 0.1) is 7.11 Å². The molecule has 0 spiro atoms. The maximum absolute atomic E-state index is 11.7. The molecular weight excluding hydrogens is 228 g/mol. The summed E-state index contributed by atoms with van der Waals surface area (Å²) in [5, 5.41) is 0. The Bertz CT molecular complexity index is 455. The van der Waals surface area contributed by atoms with Crippen molar-refractivity contribution >= 4 is 5.97 Å². The van der Waals surface area contributed by atoms with E-state index in [1.165, 1.54) is 26.4 Å². The van der Waals surface area contributed by atoms with Crippen molar-refractivity contribution in [3.63, 3.8) is 0 Å². The van der Waals surface area contributed by atoms with Crippen LogP contribution in [-0.4, -0.2) is 19.2 Å². The monoisotopic (exact) mass is 246 g/mol. The first-order valence-electron chi connectivity index (χ1n) is 6.62. The molecular formula is C15H18O3. The lowest BCUT2D eigenvalue weighted by atomic mass is 9.97. The number of para-hydroxylation sites is 1. The highest BCUT2D eigenvalue weighted by Gasteiger charge is 2.41. The molecule has 3 nitrogen and oxygen atoms in total. The lowest BCUT2D eigenvalue weighted by Gasteiger charge is -2.24. The van der Waals surface area contributed by atoms with Gasteiger partial charge in [-0.05, 0) is 49.7 Å². The van der Waals surface area contributed by atoms with Crippen LogP contribution in [0.5, 0.6) is 5.75 Å². The molecule has 3 atom stereocenters. The fourth-order valence-corrected chi connectivity index (χ4v) is 3.34. The van der Waals surface area contributed by atoms with Crippen molar-refractivity contribution in [1.82, 2.24) is 0 Å². The molecule has 3 rings (SSSR count). The number of hydrogen-bond acceptors (Lipinski definition) is 3. The first kappa shape index (κ1) is 11.6. The van der Waals surface area contributed by atoms with Crippen molar-refractivity contribution in [1.29, 1.82) is 0 Å². The summed E-state index contributed by atoms with van der Waals surface area (Å²) in [5.41, 5.74) is 0.530. The number of ether oxygens (including phenoxy) is 2. The quantitative estimate of drug-likeness (QED) is 0.769. The molecule has 2 aliphatic rings. The van der Waals surface area contributed by atoms with Gasteiger partial charge < -0.3 is 9.47 Å². The highest BCUT2D eigenvalue weighted by molar-refractivity contribution is 5.92. The molecule has 3 unspecified atom stereocenters. The Morgan fingerprint density at radius 3 is 2.72 bits per heavy atom. The highest BCUT2D eigenvalue weighted by atomic mass is 16.5. The average molecular weight is 246 g/mol. The van der Waals surface area contributed by atoms with Crippen LogP contribution in [-0.2, 0) is 4.74 Å². The zero-order valence-electron chi connectivity index (χ0n) is 10.6. The van der Waals surface area contributed by atoms with Crippen LogP contribution in [0.1, 0.15) is 36.0 Å². The molecule has 0 saturated heterocycles. The summed E-state index contributed by atoms with van der Waals surface area (Å²) in [5.74, 6) is 1.86. The number of carbonyl (C=O) groups excluding carboxylic acids is 1. The molecule has 1 aromatic rings. The zero-order valence-corrected chi connectivity index (χ0v) is 10.6. The molecule has 0 aliphatic heterocycles.